The Labute approximate surface area is 733 Å². The van der Waals surface area contributed by atoms with E-state index in [1.807, 2.05) is 237 Å². The van der Waals surface area contributed by atoms with Crippen molar-refractivity contribution >= 4 is 63.3 Å². The molecule has 0 unspecified atom stereocenters. The second-order valence-corrected chi connectivity index (χ2v) is 31.6. The number of hydrogen-bond acceptors (Lipinski definition) is 12. The van der Waals surface area contributed by atoms with E-state index in [-0.39, 0.29) is 44.2 Å². The van der Waals surface area contributed by atoms with Gasteiger partial charge in [-0.05, 0) is 263 Å². The zero-order valence-corrected chi connectivity index (χ0v) is 74.4. The number of benzene rings is 12. The van der Waals surface area contributed by atoms with Crippen LogP contribution in [-0.2, 0) is 46.1 Å². The lowest BCUT2D eigenvalue weighted by Gasteiger charge is -2.15. The maximum absolute atomic E-state index is 11.5. The average molecular weight is 1750 g/mol. The lowest BCUT2D eigenvalue weighted by molar-refractivity contribution is 0.0683. The van der Waals surface area contributed by atoms with E-state index < -0.39 is 35.8 Å². The maximum Gasteiger partial charge on any atom is 0.336 e. The maximum atomic E-state index is 11.5. The Bertz CT molecular complexity index is 5320. The fourth-order valence-electron chi connectivity index (χ4n) is 13.7. The number of aromatic carboxylic acids is 6. The van der Waals surface area contributed by atoms with Gasteiger partial charge in [-0.25, -0.2) is 28.8 Å². The van der Waals surface area contributed by atoms with Gasteiger partial charge in [0.05, 0.1) is 33.4 Å². The Kier molecular flexibility index (Phi) is 35.4. The molecule has 0 saturated heterocycles. The summed E-state index contributed by atoms with van der Waals surface area (Å²) in [6, 6.07) is 66.9. The largest absolute Gasteiger partial charge is 0.489 e. The van der Waals surface area contributed by atoms with Gasteiger partial charge in [-0.15, -0.1) is 0 Å². The highest BCUT2D eigenvalue weighted by atomic mass is 79.9. The molecule has 0 spiro atoms. The van der Waals surface area contributed by atoms with Gasteiger partial charge in [-0.2, -0.15) is 0 Å². The first-order valence-corrected chi connectivity index (χ1v) is 41.3. The predicted octanol–water partition coefficient (Wildman–Crippen LogP) is 25.0. The van der Waals surface area contributed by atoms with Gasteiger partial charge < -0.3 is 59.1 Å². The fraction of sp³-hybridized carbons (Fsp3) is 0.243. The van der Waals surface area contributed by atoms with Crippen LogP contribution in [0, 0.1) is 96.9 Å². The summed E-state index contributed by atoms with van der Waals surface area (Å²) in [5, 5.41) is 56.0. The van der Waals surface area contributed by atoms with Crippen LogP contribution in [-0.4, -0.2) is 66.5 Å². The Balaban J connectivity index is 0.000000183. The molecule has 0 bridgehead atoms. The average Bonchev–Trinajstić information content (AvgIpc) is 1.66. The topological polar surface area (TPSA) is 279 Å². The number of carbonyl (C=O) groups is 6. The number of rotatable bonds is 26. The minimum Gasteiger partial charge on any atom is -0.489 e. The van der Waals surface area contributed by atoms with E-state index in [2.05, 4.69) is 28.1 Å². The van der Waals surface area contributed by atoms with Crippen molar-refractivity contribution in [3.63, 3.8) is 0 Å². The lowest BCUT2D eigenvalue weighted by Crippen LogP contribution is -2.09. The highest BCUT2D eigenvalue weighted by Gasteiger charge is 2.29. The fourth-order valence-corrected chi connectivity index (χ4v) is 14.5. The van der Waals surface area contributed by atoms with Crippen LogP contribution in [0.25, 0.3) is 0 Å². The van der Waals surface area contributed by atoms with Crippen LogP contribution >= 0.6 is 27.5 Å². The molecule has 1 saturated carbocycles. The van der Waals surface area contributed by atoms with Crippen molar-refractivity contribution in [1.29, 1.82) is 0 Å². The van der Waals surface area contributed by atoms with E-state index in [9.17, 15) is 54.3 Å². The summed E-state index contributed by atoms with van der Waals surface area (Å²) in [4.78, 5) is 67.7. The normalized spacial score (nSPS) is 11.0. The van der Waals surface area contributed by atoms with Gasteiger partial charge in [-0.3, -0.25) is 0 Å². The summed E-state index contributed by atoms with van der Waals surface area (Å²) in [6.07, 6.45) is 3.06. The smallest absolute Gasteiger partial charge is 0.336 e. The minimum absolute atomic E-state index is 0.130. The van der Waals surface area contributed by atoms with Crippen molar-refractivity contribution in [2.24, 2.45) is 0 Å². The highest BCUT2D eigenvalue weighted by Crippen LogP contribution is 2.43. The summed E-state index contributed by atoms with van der Waals surface area (Å²) >= 11 is 9.44. The number of ether oxygens (including phenoxy) is 6. The molecule has 0 amide bonds. The van der Waals surface area contributed by atoms with Crippen molar-refractivity contribution in [3.05, 3.63) is 384 Å². The van der Waals surface area contributed by atoms with Crippen molar-refractivity contribution in [1.82, 2.24) is 0 Å². The molecule has 123 heavy (non-hydrogen) atoms. The Hall–Kier alpha value is -13.0. The van der Waals surface area contributed by atoms with Crippen LogP contribution in [0.5, 0.6) is 34.5 Å². The molecular formula is C103H106BrClO18. The summed E-state index contributed by atoms with van der Waals surface area (Å²) in [5.41, 5.74) is 23.2. The molecule has 0 atom stereocenters. The van der Waals surface area contributed by atoms with E-state index in [4.69, 9.17) is 45.1 Å². The first-order valence-electron chi connectivity index (χ1n) is 40.1. The molecule has 13 rings (SSSR count). The van der Waals surface area contributed by atoms with E-state index >= 15 is 0 Å². The molecule has 1 fully saturated rings. The highest BCUT2D eigenvalue weighted by molar-refractivity contribution is 9.10. The van der Waals surface area contributed by atoms with Gasteiger partial charge >= 0.3 is 35.8 Å². The van der Waals surface area contributed by atoms with Gasteiger partial charge in [0.15, 0.2) is 0 Å². The van der Waals surface area contributed by atoms with Crippen molar-refractivity contribution in [3.8, 4) is 34.5 Å². The summed E-state index contributed by atoms with van der Waals surface area (Å²) in [6.45, 7) is 31.3. The molecule has 0 aliphatic heterocycles. The molecular weight excluding hydrogens is 1640 g/mol. The van der Waals surface area contributed by atoms with E-state index in [1.54, 1.807) is 66.7 Å². The summed E-state index contributed by atoms with van der Waals surface area (Å²) in [5.74, 6) is -0.434. The van der Waals surface area contributed by atoms with Gasteiger partial charge in [0.25, 0.3) is 0 Å². The van der Waals surface area contributed by atoms with E-state index in [0.29, 0.717) is 50.9 Å². The van der Waals surface area contributed by atoms with E-state index in [0.717, 1.165) is 142 Å². The Morgan fingerprint density at radius 1 is 0.293 bits per heavy atom. The number of halogens is 2. The molecule has 0 aromatic heterocycles. The Morgan fingerprint density at radius 3 is 0.846 bits per heavy atom. The van der Waals surface area contributed by atoms with Gasteiger partial charge in [0.1, 0.15) is 74.1 Å². The molecule has 6 N–H and O–H groups in total. The molecule has 12 aromatic rings. The Morgan fingerprint density at radius 2 is 0.537 bits per heavy atom. The molecule has 12 aromatic carbocycles. The second-order valence-electron chi connectivity index (χ2n) is 30.4. The van der Waals surface area contributed by atoms with Crippen LogP contribution in [0.3, 0.4) is 0 Å². The third-order valence-electron chi connectivity index (χ3n) is 20.5. The van der Waals surface area contributed by atoms with Gasteiger partial charge in [0.2, 0.25) is 0 Å². The molecule has 18 nitrogen and oxygen atoms in total. The molecule has 1 aliphatic carbocycles. The van der Waals surface area contributed by atoms with Crippen molar-refractivity contribution in [2.75, 3.05) is 0 Å². The quantitative estimate of drug-likeness (QED) is 0.0294. The standard InChI is InChI=1S/C19H20O3.C18H20O3.2C17H18O3.C16H15BrO3.C16H15ClO3/c1-12-6-9-18(13(2)10-12)22-11-17-15(14-7-8-14)4-3-5-16(17)19(20)21;1-4-14-6-5-7-15(18(19)20)16(14)11-21-17-9-8-12(2)10-13(17)3;2*1-11-7-8-16(13(3)9-11)20-10-15-12(2)5-4-6-14(15)17(18)19;2*1-10-6-7-15(11(2)8-10)20-9-13-12(16(18)19)4-3-5-14(13)17/h3-6,9-10,14H,7-8,11H2,1-2H3,(H,20,21);5-10H,4,11H2,1-3H3,(H,19,20);2*4-9H,10H2,1-3H3,(H,18,19);2*3-8H,9H2,1-2H3,(H,18,19). The van der Waals surface area contributed by atoms with Crippen molar-refractivity contribution in [2.45, 2.75) is 169 Å². The SMILES string of the molecule is CCc1cccc(C(=O)O)c1COc1ccc(C)cc1C.Cc1ccc(OCc2c(Br)cccc2C(=O)O)c(C)c1.Cc1ccc(OCc2c(C(=O)O)cccc2C2CC2)c(C)c1.Cc1ccc(OCc2c(C)cccc2C(=O)O)c(C)c1.Cc1ccc(OCc2c(C)cccc2C(=O)O)c(C)c1.Cc1ccc(OCc2c(Cl)cccc2C(=O)O)c(C)c1. The van der Waals surface area contributed by atoms with Crippen LogP contribution in [0.4, 0.5) is 0 Å². The third kappa shape index (κ3) is 27.8. The molecule has 0 radical (unpaired) electrons. The zero-order chi connectivity index (χ0) is 89.9. The molecule has 640 valence electrons. The predicted molar refractivity (Wildman–Crippen MR) is 485 cm³/mol. The number of aryl methyl sites for hydroxylation is 15. The summed E-state index contributed by atoms with van der Waals surface area (Å²) < 4.78 is 35.5. The monoisotopic (exact) mass is 1740 g/mol. The first kappa shape index (κ1) is 95.5. The summed E-state index contributed by atoms with van der Waals surface area (Å²) in [7, 11) is 0. The third-order valence-corrected chi connectivity index (χ3v) is 21.6. The minimum atomic E-state index is -1.01. The number of carboxylic acids is 6. The van der Waals surface area contributed by atoms with Crippen LogP contribution in [0.2, 0.25) is 5.02 Å². The van der Waals surface area contributed by atoms with Crippen molar-refractivity contribution < 1.29 is 87.8 Å². The first-order chi connectivity index (χ1) is 58.5. The second kappa shape index (κ2) is 45.6. The molecule has 0 heterocycles. The van der Waals surface area contributed by atoms with Crippen LogP contribution in [0.1, 0.15) is 210 Å². The van der Waals surface area contributed by atoms with Gasteiger partial charge in [0, 0.05) is 42.9 Å². The zero-order valence-electron chi connectivity index (χ0n) is 72.1. The van der Waals surface area contributed by atoms with Crippen LogP contribution < -0.4 is 28.4 Å². The van der Waals surface area contributed by atoms with Gasteiger partial charge in [-0.1, -0.05) is 201 Å². The number of hydrogen-bond donors (Lipinski definition) is 6. The number of carboxylic acid groups (broad SMARTS) is 6. The lowest BCUT2D eigenvalue weighted by atomic mass is 9.98. The molecule has 1 aliphatic rings. The molecule has 20 heteroatoms. The van der Waals surface area contributed by atoms with E-state index in [1.165, 1.54) is 33.9 Å². The van der Waals surface area contributed by atoms with Crippen LogP contribution in [0.15, 0.2) is 223 Å².